The van der Waals surface area contributed by atoms with Gasteiger partial charge < -0.3 is 42.7 Å². The Kier molecular flexibility index (Phi) is 11.9. The zero-order valence-electron chi connectivity index (χ0n) is 18.0. The number of hydrogen-bond acceptors (Lipinski definition) is 8. The number of nitrogens with two attached hydrogens (primary N) is 2. The van der Waals surface area contributed by atoms with Crippen LogP contribution in [0.15, 0.2) is 0 Å². The van der Waals surface area contributed by atoms with Crippen molar-refractivity contribution in [3.05, 3.63) is 0 Å². The summed E-state index contributed by atoms with van der Waals surface area (Å²) in [5.41, 5.74) is 10.8. The van der Waals surface area contributed by atoms with E-state index >= 15 is 0 Å². The van der Waals surface area contributed by atoms with Gasteiger partial charge in [-0.3, -0.25) is 24.0 Å². The smallest absolute Gasteiger partial charge is 0.326 e. The third kappa shape index (κ3) is 10.2. The summed E-state index contributed by atoms with van der Waals surface area (Å²) in [6, 6.07) is -5.79. The van der Waals surface area contributed by atoms with Gasteiger partial charge >= 0.3 is 11.9 Å². The molecule has 0 aromatic rings. The van der Waals surface area contributed by atoms with Gasteiger partial charge in [0.25, 0.3) is 0 Å². The summed E-state index contributed by atoms with van der Waals surface area (Å²) in [5.74, 6) is -7.02. The molecular formula is C18H31N5O9. The molecule has 0 spiro atoms. The second-order valence-corrected chi connectivity index (χ2v) is 7.56. The minimum atomic E-state index is -1.65. The van der Waals surface area contributed by atoms with Crippen LogP contribution in [-0.2, 0) is 28.8 Å². The van der Waals surface area contributed by atoms with E-state index in [0.717, 1.165) is 0 Å². The van der Waals surface area contributed by atoms with Gasteiger partial charge in [-0.25, -0.2) is 4.79 Å². The molecule has 0 rings (SSSR count). The molecular weight excluding hydrogens is 430 g/mol. The molecule has 182 valence electrons. The van der Waals surface area contributed by atoms with E-state index in [1.165, 1.54) is 6.92 Å². The number of aliphatic hydroxyl groups is 1. The molecule has 0 bridgehead atoms. The number of hydrogen-bond donors (Lipinski definition) is 8. The van der Waals surface area contributed by atoms with Crippen molar-refractivity contribution < 1.29 is 44.1 Å². The Morgan fingerprint density at radius 2 is 1.38 bits per heavy atom. The molecule has 0 aliphatic carbocycles. The summed E-state index contributed by atoms with van der Waals surface area (Å²) in [6.07, 6.45) is -3.16. The second kappa shape index (κ2) is 13.2. The molecule has 4 amide bonds. The van der Waals surface area contributed by atoms with Crippen LogP contribution < -0.4 is 27.4 Å². The van der Waals surface area contributed by atoms with Crippen molar-refractivity contribution in [1.82, 2.24) is 16.0 Å². The van der Waals surface area contributed by atoms with Crippen molar-refractivity contribution in [1.29, 1.82) is 0 Å². The Balaban J connectivity index is 5.47. The third-order valence-electron chi connectivity index (χ3n) is 4.38. The Hall–Kier alpha value is -3.26. The molecule has 14 nitrogen and oxygen atoms in total. The fourth-order valence-electron chi connectivity index (χ4n) is 2.43. The maximum Gasteiger partial charge on any atom is 0.326 e. The number of rotatable bonds is 14. The van der Waals surface area contributed by atoms with Crippen LogP contribution in [0, 0.1) is 5.92 Å². The molecule has 10 N–H and O–H groups in total. The number of carboxylic acids is 2. The molecule has 0 fully saturated rings. The molecule has 0 aliphatic heterocycles. The first-order valence-corrected chi connectivity index (χ1v) is 9.75. The molecule has 0 heterocycles. The molecule has 0 saturated heterocycles. The Labute approximate surface area is 184 Å². The highest BCUT2D eigenvalue weighted by Crippen LogP contribution is 2.04. The van der Waals surface area contributed by atoms with Gasteiger partial charge in [0.1, 0.15) is 18.1 Å². The SMILES string of the molecule is CC(C)C(N)C(=O)NC(C(=O)NC(CC(N)=O)C(=O)NC(CCC(=O)O)C(=O)O)C(C)O. The van der Waals surface area contributed by atoms with Crippen molar-refractivity contribution in [2.24, 2.45) is 17.4 Å². The Bertz CT molecular complexity index is 726. The van der Waals surface area contributed by atoms with E-state index in [2.05, 4.69) is 10.6 Å². The first-order chi connectivity index (χ1) is 14.7. The average Bonchev–Trinajstić information content (AvgIpc) is 2.66. The molecule has 0 aromatic heterocycles. The maximum absolute atomic E-state index is 12.6. The van der Waals surface area contributed by atoms with Crippen LogP contribution >= 0.6 is 0 Å². The summed E-state index contributed by atoms with van der Waals surface area (Å²) in [4.78, 5) is 70.5. The first-order valence-electron chi connectivity index (χ1n) is 9.75. The van der Waals surface area contributed by atoms with Crippen molar-refractivity contribution in [3.8, 4) is 0 Å². The minimum Gasteiger partial charge on any atom is -0.481 e. The van der Waals surface area contributed by atoms with Crippen molar-refractivity contribution >= 4 is 35.6 Å². The monoisotopic (exact) mass is 461 g/mol. The number of aliphatic hydroxyl groups excluding tert-OH is 1. The van der Waals surface area contributed by atoms with E-state index in [9.17, 15) is 33.9 Å². The Morgan fingerprint density at radius 3 is 1.78 bits per heavy atom. The van der Waals surface area contributed by atoms with Crippen LogP contribution in [0.2, 0.25) is 0 Å². The number of carbonyl (C=O) groups excluding carboxylic acids is 4. The van der Waals surface area contributed by atoms with Gasteiger partial charge in [0.05, 0.1) is 18.6 Å². The van der Waals surface area contributed by atoms with Gasteiger partial charge in [0, 0.05) is 6.42 Å². The molecule has 5 atom stereocenters. The topological polar surface area (TPSA) is 251 Å². The quantitative estimate of drug-likeness (QED) is 0.127. The van der Waals surface area contributed by atoms with E-state index in [1.807, 2.05) is 5.32 Å². The van der Waals surface area contributed by atoms with Crippen molar-refractivity contribution in [2.75, 3.05) is 0 Å². The number of primary amides is 1. The standard InChI is InChI=1S/C18H31N5O9/c1-7(2)13(20)16(29)23-14(8(3)24)17(30)22-10(6-11(19)25)15(28)21-9(18(31)32)4-5-12(26)27/h7-10,13-14,24H,4-6,20H2,1-3H3,(H2,19,25)(H,21,28)(H,22,30)(H,23,29)(H,26,27)(H,31,32). The van der Waals surface area contributed by atoms with Gasteiger partial charge in [-0.2, -0.15) is 0 Å². The second-order valence-electron chi connectivity index (χ2n) is 7.56. The molecule has 5 unspecified atom stereocenters. The van der Waals surface area contributed by atoms with Crippen molar-refractivity contribution in [3.63, 3.8) is 0 Å². The van der Waals surface area contributed by atoms with E-state index in [1.54, 1.807) is 13.8 Å². The summed E-state index contributed by atoms with van der Waals surface area (Å²) in [5, 5.41) is 34.2. The predicted molar refractivity (Wildman–Crippen MR) is 109 cm³/mol. The normalized spacial score (nSPS) is 15.6. The summed E-state index contributed by atoms with van der Waals surface area (Å²) in [7, 11) is 0. The third-order valence-corrected chi connectivity index (χ3v) is 4.38. The molecule has 0 aliphatic rings. The number of aliphatic carboxylic acids is 2. The van der Waals surface area contributed by atoms with Gasteiger partial charge in [0.15, 0.2) is 0 Å². The lowest BCUT2D eigenvalue weighted by Crippen LogP contribution is -2.60. The lowest BCUT2D eigenvalue weighted by atomic mass is 10.0. The van der Waals surface area contributed by atoms with Crippen LogP contribution in [0.1, 0.15) is 40.0 Å². The summed E-state index contributed by atoms with van der Waals surface area (Å²) >= 11 is 0. The molecule has 0 aromatic carbocycles. The van der Waals surface area contributed by atoms with Crippen molar-refractivity contribution in [2.45, 2.75) is 70.3 Å². The predicted octanol–water partition coefficient (Wildman–Crippen LogP) is -3.37. The Morgan fingerprint density at radius 1 is 0.844 bits per heavy atom. The average molecular weight is 461 g/mol. The van der Waals surface area contributed by atoms with Gasteiger partial charge in [-0.05, 0) is 19.3 Å². The summed E-state index contributed by atoms with van der Waals surface area (Å²) in [6.45, 7) is 4.53. The van der Waals surface area contributed by atoms with Crippen LogP contribution in [-0.4, -0.2) is 81.2 Å². The highest BCUT2D eigenvalue weighted by atomic mass is 16.4. The van der Waals surface area contributed by atoms with Crippen LogP contribution in [0.5, 0.6) is 0 Å². The van der Waals surface area contributed by atoms with E-state index in [0.29, 0.717) is 0 Å². The number of carboxylic acid groups (broad SMARTS) is 2. The molecule has 0 saturated carbocycles. The molecule has 14 heteroatoms. The molecule has 32 heavy (non-hydrogen) atoms. The fourth-order valence-corrected chi connectivity index (χ4v) is 2.43. The van der Waals surface area contributed by atoms with E-state index < -0.39 is 85.1 Å². The largest absolute Gasteiger partial charge is 0.481 e. The highest BCUT2D eigenvalue weighted by Gasteiger charge is 2.33. The first kappa shape index (κ1) is 28.7. The van der Waals surface area contributed by atoms with E-state index in [-0.39, 0.29) is 5.92 Å². The number of carbonyl (C=O) groups is 6. The minimum absolute atomic E-state index is 0.278. The van der Waals surface area contributed by atoms with Gasteiger partial charge in [0.2, 0.25) is 23.6 Å². The molecule has 0 radical (unpaired) electrons. The van der Waals surface area contributed by atoms with Gasteiger partial charge in [-0.15, -0.1) is 0 Å². The summed E-state index contributed by atoms with van der Waals surface area (Å²) < 4.78 is 0. The zero-order chi connectivity index (χ0) is 25.2. The lowest BCUT2D eigenvalue weighted by molar-refractivity contribution is -0.143. The zero-order valence-corrected chi connectivity index (χ0v) is 18.0. The van der Waals surface area contributed by atoms with Crippen LogP contribution in [0.3, 0.4) is 0 Å². The highest BCUT2D eigenvalue weighted by molar-refractivity contribution is 5.96. The fraction of sp³-hybridized carbons (Fsp3) is 0.667. The van der Waals surface area contributed by atoms with Crippen LogP contribution in [0.25, 0.3) is 0 Å². The van der Waals surface area contributed by atoms with Crippen LogP contribution in [0.4, 0.5) is 0 Å². The van der Waals surface area contributed by atoms with Gasteiger partial charge in [-0.1, -0.05) is 13.8 Å². The maximum atomic E-state index is 12.6. The number of amides is 4. The lowest BCUT2D eigenvalue weighted by Gasteiger charge is -2.26. The number of nitrogens with one attached hydrogen (secondary N) is 3. The van der Waals surface area contributed by atoms with E-state index in [4.69, 9.17) is 21.7 Å².